The minimum atomic E-state index is -1.05. The molecule has 0 aliphatic heterocycles. The van der Waals surface area contributed by atoms with E-state index < -0.39 is 30.1 Å². The molecule has 2 amide bonds. The predicted octanol–water partition coefficient (Wildman–Crippen LogP) is 3.61. The summed E-state index contributed by atoms with van der Waals surface area (Å²) in [6, 6.07) is 21.8. The number of carboxylic acids is 1. The molecule has 182 valence electrons. The van der Waals surface area contributed by atoms with Gasteiger partial charge >= 0.3 is 12.1 Å². The molecule has 0 fully saturated rings. The molecule has 0 aliphatic carbocycles. The lowest BCUT2D eigenvalue weighted by Gasteiger charge is -2.19. The van der Waals surface area contributed by atoms with Gasteiger partial charge in [-0.1, -0.05) is 60.7 Å². The van der Waals surface area contributed by atoms with Crippen LogP contribution in [0.3, 0.4) is 0 Å². The number of rotatable bonds is 11. The molecule has 0 bridgehead atoms. The van der Waals surface area contributed by atoms with Gasteiger partial charge in [0.2, 0.25) is 5.91 Å². The number of nitrogens with zero attached hydrogens (tertiary/aromatic N) is 1. The van der Waals surface area contributed by atoms with Crippen LogP contribution in [0.25, 0.3) is 11.1 Å². The summed E-state index contributed by atoms with van der Waals surface area (Å²) in [6.07, 6.45) is 0.131. The molecule has 0 spiro atoms. The van der Waals surface area contributed by atoms with E-state index in [0.717, 1.165) is 11.1 Å². The Balaban J connectivity index is 1.49. The fraction of sp³-hybridized carbons (Fsp3) is 0.231. The van der Waals surface area contributed by atoms with Crippen LogP contribution in [0.2, 0.25) is 0 Å². The Morgan fingerprint density at radius 1 is 0.943 bits per heavy atom. The number of alkyl carbamates (subject to hydrolysis) is 1. The van der Waals surface area contributed by atoms with Crippen LogP contribution >= 0.6 is 0 Å². The summed E-state index contributed by atoms with van der Waals surface area (Å²) in [5.74, 6) is -0.923. The monoisotopic (exact) mass is 476 g/mol. The molecule has 2 atom stereocenters. The van der Waals surface area contributed by atoms with Crippen molar-refractivity contribution in [3.05, 3.63) is 84.6 Å². The van der Waals surface area contributed by atoms with E-state index in [1.165, 1.54) is 0 Å². The average molecular weight is 477 g/mol. The second kappa shape index (κ2) is 12.7. The maximum absolute atomic E-state index is 12.4. The molecule has 9 nitrogen and oxygen atoms in total. The Hall–Kier alpha value is -4.40. The summed E-state index contributed by atoms with van der Waals surface area (Å²) in [5, 5.41) is 17.4. The first kappa shape index (κ1) is 25.2. The van der Waals surface area contributed by atoms with Crippen LogP contribution in [0.1, 0.15) is 24.9 Å². The number of anilines is 1. The molecular weight excluding hydrogens is 448 g/mol. The van der Waals surface area contributed by atoms with Crippen LogP contribution in [0, 0.1) is 0 Å². The number of benzene rings is 2. The molecule has 0 saturated carbocycles. The first-order chi connectivity index (χ1) is 16.9. The third-order valence-electron chi connectivity index (χ3n) is 5.07. The van der Waals surface area contributed by atoms with Crippen LogP contribution < -0.4 is 16.0 Å². The molecule has 9 heteroatoms. The second-order valence-corrected chi connectivity index (χ2v) is 7.87. The van der Waals surface area contributed by atoms with Gasteiger partial charge in [0.1, 0.15) is 18.5 Å². The number of pyridine rings is 1. The van der Waals surface area contributed by atoms with E-state index >= 15 is 0 Å². The molecule has 2 aromatic carbocycles. The molecule has 1 heterocycles. The van der Waals surface area contributed by atoms with E-state index in [4.69, 9.17) is 4.74 Å². The number of ether oxygens (including phenoxy) is 1. The van der Waals surface area contributed by atoms with Gasteiger partial charge in [-0.25, -0.2) is 9.78 Å². The molecule has 4 N–H and O–H groups in total. The lowest BCUT2D eigenvalue weighted by Crippen LogP contribution is -2.40. The van der Waals surface area contributed by atoms with Crippen molar-refractivity contribution < 1.29 is 24.2 Å². The van der Waals surface area contributed by atoms with Crippen LogP contribution in [-0.2, 0) is 14.3 Å². The van der Waals surface area contributed by atoms with E-state index in [0.29, 0.717) is 17.9 Å². The number of carboxylic acid groups (broad SMARTS) is 1. The number of carbonyl (C=O) groups is 3. The number of hydrogen-bond acceptors (Lipinski definition) is 6. The maximum Gasteiger partial charge on any atom is 0.407 e. The number of amides is 2. The van der Waals surface area contributed by atoms with Gasteiger partial charge in [-0.05, 0) is 35.7 Å². The molecule has 3 rings (SSSR count). The van der Waals surface area contributed by atoms with Gasteiger partial charge in [0.15, 0.2) is 0 Å². The minimum Gasteiger partial charge on any atom is -0.481 e. The van der Waals surface area contributed by atoms with Crippen molar-refractivity contribution in [1.29, 1.82) is 0 Å². The highest BCUT2D eigenvalue weighted by molar-refractivity contribution is 5.83. The van der Waals surface area contributed by atoms with Crippen molar-refractivity contribution in [2.45, 2.75) is 25.5 Å². The molecule has 3 aromatic rings. The number of aromatic nitrogens is 1. The van der Waals surface area contributed by atoms with Crippen molar-refractivity contribution in [2.24, 2.45) is 0 Å². The second-order valence-electron chi connectivity index (χ2n) is 7.87. The first-order valence-electron chi connectivity index (χ1n) is 11.2. The summed E-state index contributed by atoms with van der Waals surface area (Å²) >= 11 is 0. The highest BCUT2D eigenvalue weighted by Gasteiger charge is 2.19. The molecule has 2 unspecified atom stereocenters. The lowest BCUT2D eigenvalue weighted by molar-refractivity contribution is -0.137. The van der Waals surface area contributed by atoms with Gasteiger partial charge in [0.25, 0.3) is 0 Å². The highest BCUT2D eigenvalue weighted by Crippen LogP contribution is 2.23. The van der Waals surface area contributed by atoms with E-state index in [2.05, 4.69) is 20.9 Å². The topological polar surface area (TPSA) is 130 Å². The molecule has 35 heavy (non-hydrogen) atoms. The van der Waals surface area contributed by atoms with E-state index in [-0.39, 0.29) is 13.0 Å². The van der Waals surface area contributed by atoms with Crippen LogP contribution in [0.4, 0.5) is 10.6 Å². The molecule has 0 aliphatic rings. The maximum atomic E-state index is 12.4. The smallest absolute Gasteiger partial charge is 0.407 e. The van der Waals surface area contributed by atoms with Gasteiger partial charge in [-0.15, -0.1) is 0 Å². The normalized spacial score (nSPS) is 12.1. The van der Waals surface area contributed by atoms with Gasteiger partial charge in [0.05, 0.1) is 19.0 Å². The number of aliphatic carboxylic acids is 1. The number of nitrogens with one attached hydrogen (secondary N) is 3. The lowest BCUT2D eigenvalue weighted by atomic mass is 9.99. The zero-order chi connectivity index (χ0) is 25.0. The van der Waals surface area contributed by atoms with Crippen molar-refractivity contribution >= 4 is 23.8 Å². The summed E-state index contributed by atoms with van der Waals surface area (Å²) < 4.78 is 5.22. The van der Waals surface area contributed by atoms with Crippen LogP contribution in [-0.4, -0.2) is 47.3 Å². The Morgan fingerprint density at radius 2 is 1.63 bits per heavy atom. The Morgan fingerprint density at radius 3 is 2.29 bits per heavy atom. The highest BCUT2D eigenvalue weighted by atomic mass is 16.6. The van der Waals surface area contributed by atoms with E-state index in [9.17, 15) is 19.5 Å². The fourth-order valence-electron chi connectivity index (χ4n) is 3.34. The van der Waals surface area contributed by atoms with Crippen LogP contribution in [0.15, 0.2) is 79.0 Å². The standard InChI is InChI=1S/C26H28N4O5/c1-18(16-28-23-9-5-6-14-27-23)35-26(34)29-17-24(31)30-22(15-25(32)33)21-12-10-20(11-13-21)19-7-3-2-4-8-19/h2-14,18,22H,15-17H2,1H3,(H,27,28)(H,29,34)(H,30,31)(H,32,33). The zero-order valence-electron chi connectivity index (χ0n) is 19.3. The largest absolute Gasteiger partial charge is 0.481 e. The molecule has 0 saturated heterocycles. The first-order valence-corrected chi connectivity index (χ1v) is 11.2. The zero-order valence-corrected chi connectivity index (χ0v) is 19.3. The third-order valence-corrected chi connectivity index (χ3v) is 5.07. The van der Waals surface area contributed by atoms with Crippen molar-refractivity contribution in [1.82, 2.24) is 15.6 Å². The fourth-order valence-corrected chi connectivity index (χ4v) is 3.34. The van der Waals surface area contributed by atoms with Gasteiger partial charge in [-0.2, -0.15) is 0 Å². The van der Waals surface area contributed by atoms with Gasteiger partial charge in [0, 0.05) is 6.20 Å². The Labute approximate surface area is 203 Å². The minimum absolute atomic E-state index is 0.295. The van der Waals surface area contributed by atoms with Crippen molar-refractivity contribution in [3.63, 3.8) is 0 Å². The summed E-state index contributed by atoms with van der Waals surface area (Å²) in [4.78, 5) is 39.9. The third kappa shape index (κ3) is 8.47. The molecule has 1 aromatic heterocycles. The van der Waals surface area contributed by atoms with Gasteiger partial charge < -0.3 is 25.8 Å². The SMILES string of the molecule is CC(CNc1ccccn1)OC(=O)NCC(=O)NC(CC(=O)O)c1ccc(-c2ccccc2)cc1. The number of carbonyl (C=O) groups excluding carboxylic acids is 2. The average Bonchev–Trinajstić information content (AvgIpc) is 2.87. The predicted molar refractivity (Wildman–Crippen MR) is 132 cm³/mol. The molecular formula is C26H28N4O5. The molecule has 0 radical (unpaired) electrons. The van der Waals surface area contributed by atoms with E-state index in [1.807, 2.05) is 48.5 Å². The summed E-state index contributed by atoms with van der Waals surface area (Å²) in [5.41, 5.74) is 2.66. The number of hydrogen-bond donors (Lipinski definition) is 4. The van der Waals surface area contributed by atoms with E-state index in [1.54, 1.807) is 37.4 Å². The quantitative estimate of drug-likeness (QED) is 0.333. The Bertz CT molecular complexity index is 1110. The summed E-state index contributed by atoms with van der Waals surface area (Å²) in [7, 11) is 0. The summed E-state index contributed by atoms with van der Waals surface area (Å²) in [6.45, 7) is 1.70. The van der Waals surface area contributed by atoms with Gasteiger partial charge in [-0.3, -0.25) is 9.59 Å². The van der Waals surface area contributed by atoms with Crippen molar-refractivity contribution in [3.8, 4) is 11.1 Å². The van der Waals surface area contributed by atoms with Crippen LogP contribution in [0.5, 0.6) is 0 Å². The Kier molecular flexibility index (Phi) is 9.18. The van der Waals surface area contributed by atoms with Crippen molar-refractivity contribution in [2.75, 3.05) is 18.4 Å².